The number of hydrogen-bond acceptors (Lipinski definition) is 5. The fraction of sp³-hybridized carbons (Fsp3) is 0.273. The number of hydrogen-bond donors (Lipinski definition) is 1. The molecule has 4 nitrogen and oxygen atoms in total. The molecule has 0 saturated carbocycles. The molecule has 1 aromatic heterocycles. The SMILES string of the molecule is Cc1ccc([C@@H]2C(C#N)=C(N)N(c3ccccc3C(F)(F)F)C3=C2C(=O)CCC3)s1. The molecular formula is C22H18F3N3OS. The van der Waals surface area contributed by atoms with Crippen LogP contribution in [-0.2, 0) is 11.0 Å². The van der Waals surface area contributed by atoms with Crippen molar-refractivity contribution in [2.45, 2.75) is 38.3 Å². The van der Waals surface area contributed by atoms with Crippen molar-refractivity contribution in [2.24, 2.45) is 5.73 Å². The molecule has 30 heavy (non-hydrogen) atoms. The van der Waals surface area contributed by atoms with E-state index in [-0.39, 0.29) is 22.9 Å². The van der Waals surface area contributed by atoms with E-state index in [0.29, 0.717) is 30.5 Å². The molecule has 0 amide bonds. The summed E-state index contributed by atoms with van der Waals surface area (Å²) >= 11 is 1.45. The Balaban J connectivity index is 2.01. The summed E-state index contributed by atoms with van der Waals surface area (Å²) in [6, 6.07) is 10.9. The maximum absolute atomic E-state index is 13.7. The molecule has 2 aromatic rings. The highest BCUT2D eigenvalue weighted by Gasteiger charge is 2.43. The van der Waals surface area contributed by atoms with E-state index in [1.165, 1.54) is 34.4 Å². The standard InChI is InChI=1S/C22H18F3N3OS/c1-12-9-10-18(30-12)19-13(11-26)21(27)28(16-7-4-8-17(29)20(16)19)15-6-3-2-5-14(15)22(23,24)25/h2-3,5-6,9-10,19H,4,7-8,27H2,1H3/t19-/m0/s1. The Hall–Kier alpha value is -3.05. The van der Waals surface area contributed by atoms with Crippen molar-refractivity contribution >= 4 is 22.8 Å². The van der Waals surface area contributed by atoms with E-state index in [1.54, 1.807) is 0 Å². The summed E-state index contributed by atoms with van der Waals surface area (Å²) < 4.78 is 41.2. The molecule has 0 bridgehead atoms. The molecule has 0 fully saturated rings. The Morgan fingerprint density at radius 2 is 1.93 bits per heavy atom. The second-order valence-corrected chi connectivity index (χ2v) is 8.60. The molecule has 2 aliphatic rings. The van der Waals surface area contributed by atoms with Crippen LogP contribution < -0.4 is 10.6 Å². The van der Waals surface area contributed by atoms with Crippen LogP contribution >= 0.6 is 11.3 Å². The lowest BCUT2D eigenvalue weighted by atomic mass is 9.78. The van der Waals surface area contributed by atoms with E-state index in [0.717, 1.165) is 15.8 Å². The summed E-state index contributed by atoms with van der Waals surface area (Å²) in [5.74, 6) is -0.855. The van der Waals surface area contributed by atoms with Gasteiger partial charge in [-0.25, -0.2) is 0 Å². The van der Waals surface area contributed by atoms with Crippen molar-refractivity contribution in [2.75, 3.05) is 4.90 Å². The van der Waals surface area contributed by atoms with Crippen molar-refractivity contribution in [3.8, 4) is 6.07 Å². The number of thiophene rings is 1. The highest BCUT2D eigenvalue weighted by molar-refractivity contribution is 7.12. The number of nitrogens with zero attached hydrogens (tertiary/aromatic N) is 2. The van der Waals surface area contributed by atoms with Gasteiger partial charge < -0.3 is 5.73 Å². The molecule has 0 spiro atoms. The molecule has 8 heteroatoms. The number of rotatable bonds is 2. The number of carbonyl (C=O) groups excluding carboxylic acids is 1. The van der Waals surface area contributed by atoms with Crippen molar-refractivity contribution in [1.82, 2.24) is 0 Å². The van der Waals surface area contributed by atoms with Gasteiger partial charge in [0.2, 0.25) is 0 Å². The highest BCUT2D eigenvalue weighted by Crippen LogP contribution is 2.49. The number of Topliss-reactive ketones (excluding diaryl/α,β-unsaturated/α-hetero) is 1. The van der Waals surface area contributed by atoms with Gasteiger partial charge in [-0.2, -0.15) is 18.4 Å². The van der Waals surface area contributed by atoms with E-state index in [1.807, 2.05) is 19.1 Å². The number of carbonyl (C=O) groups is 1. The maximum atomic E-state index is 13.7. The summed E-state index contributed by atoms with van der Waals surface area (Å²) in [5, 5.41) is 9.90. The number of benzene rings is 1. The molecule has 1 aliphatic heterocycles. The van der Waals surface area contributed by atoms with Crippen LogP contribution in [-0.4, -0.2) is 5.78 Å². The lowest BCUT2D eigenvalue weighted by Crippen LogP contribution is -2.39. The second-order valence-electron chi connectivity index (χ2n) is 7.28. The Kier molecular flexibility index (Phi) is 4.94. The predicted octanol–water partition coefficient (Wildman–Crippen LogP) is 5.38. The van der Waals surface area contributed by atoms with E-state index < -0.39 is 17.7 Å². The van der Waals surface area contributed by atoms with Gasteiger partial charge in [-0.1, -0.05) is 12.1 Å². The number of anilines is 1. The molecule has 154 valence electrons. The van der Waals surface area contributed by atoms with Crippen molar-refractivity contribution in [1.29, 1.82) is 5.26 Å². The maximum Gasteiger partial charge on any atom is 0.418 e. The van der Waals surface area contributed by atoms with Gasteiger partial charge in [0.25, 0.3) is 0 Å². The van der Waals surface area contributed by atoms with Gasteiger partial charge in [-0.3, -0.25) is 9.69 Å². The van der Waals surface area contributed by atoms with E-state index >= 15 is 0 Å². The molecule has 1 aliphatic carbocycles. The number of aryl methyl sites for hydroxylation is 1. The lowest BCUT2D eigenvalue weighted by Gasteiger charge is -2.40. The first-order valence-electron chi connectivity index (χ1n) is 9.42. The van der Waals surface area contributed by atoms with Crippen LogP contribution in [0.5, 0.6) is 0 Å². The molecule has 2 heterocycles. The smallest absolute Gasteiger partial charge is 0.384 e. The van der Waals surface area contributed by atoms with E-state index in [4.69, 9.17) is 5.73 Å². The molecular weight excluding hydrogens is 411 g/mol. The van der Waals surface area contributed by atoms with Crippen LogP contribution in [0.3, 0.4) is 0 Å². The molecule has 0 unspecified atom stereocenters. The average Bonchev–Trinajstić information content (AvgIpc) is 3.12. The highest BCUT2D eigenvalue weighted by atomic mass is 32.1. The Labute approximate surface area is 175 Å². The Morgan fingerprint density at radius 1 is 1.20 bits per heavy atom. The van der Waals surface area contributed by atoms with Crippen LogP contribution in [0.25, 0.3) is 0 Å². The van der Waals surface area contributed by atoms with E-state index in [2.05, 4.69) is 6.07 Å². The average molecular weight is 429 g/mol. The third-order valence-electron chi connectivity index (χ3n) is 5.41. The summed E-state index contributed by atoms with van der Waals surface area (Å²) in [7, 11) is 0. The van der Waals surface area contributed by atoms with Crippen LogP contribution in [0.4, 0.5) is 18.9 Å². The zero-order valence-electron chi connectivity index (χ0n) is 16.1. The number of para-hydroxylation sites is 1. The second kappa shape index (κ2) is 7.33. The van der Waals surface area contributed by atoms with Crippen molar-refractivity contribution < 1.29 is 18.0 Å². The Morgan fingerprint density at radius 3 is 2.57 bits per heavy atom. The zero-order chi connectivity index (χ0) is 21.6. The van der Waals surface area contributed by atoms with Gasteiger partial charge in [0.05, 0.1) is 28.8 Å². The van der Waals surface area contributed by atoms with Crippen molar-refractivity contribution in [3.05, 3.63) is 74.4 Å². The molecule has 0 saturated heterocycles. The number of ketones is 1. The molecule has 2 N–H and O–H groups in total. The number of nitrogens with two attached hydrogens (primary N) is 1. The monoisotopic (exact) mass is 429 g/mol. The quantitative estimate of drug-likeness (QED) is 0.696. The Bertz CT molecular complexity index is 1140. The van der Waals surface area contributed by atoms with Crippen LogP contribution in [0.15, 0.2) is 59.1 Å². The first kappa shape index (κ1) is 20.2. The molecule has 1 atom stereocenters. The minimum atomic E-state index is -4.61. The summed E-state index contributed by atoms with van der Waals surface area (Å²) in [6.45, 7) is 1.92. The predicted molar refractivity (Wildman–Crippen MR) is 108 cm³/mol. The lowest BCUT2D eigenvalue weighted by molar-refractivity contribution is -0.137. The van der Waals surface area contributed by atoms with Crippen LogP contribution in [0.1, 0.15) is 40.5 Å². The third kappa shape index (κ3) is 3.19. The van der Waals surface area contributed by atoms with E-state index in [9.17, 15) is 23.2 Å². The molecule has 1 aromatic carbocycles. The van der Waals surface area contributed by atoms with Gasteiger partial charge >= 0.3 is 6.18 Å². The minimum Gasteiger partial charge on any atom is -0.384 e. The number of halogens is 3. The van der Waals surface area contributed by atoms with Gasteiger partial charge in [0, 0.05) is 27.4 Å². The van der Waals surface area contributed by atoms with Crippen LogP contribution in [0, 0.1) is 18.3 Å². The minimum absolute atomic E-state index is 0.0568. The fourth-order valence-corrected chi connectivity index (χ4v) is 5.16. The normalized spacial score (nSPS) is 19.8. The number of nitriles is 1. The summed E-state index contributed by atoms with van der Waals surface area (Å²) in [4.78, 5) is 16.0. The van der Waals surface area contributed by atoms with Gasteiger partial charge in [-0.05, 0) is 44.0 Å². The number of allylic oxidation sites excluding steroid dienone is 3. The zero-order valence-corrected chi connectivity index (χ0v) is 16.9. The largest absolute Gasteiger partial charge is 0.418 e. The first-order valence-corrected chi connectivity index (χ1v) is 10.2. The third-order valence-corrected chi connectivity index (χ3v) is 6.47. The fourth-order valence-electron chi connectivity index (χ4n) is 4.16. The van der Waals surface area contributed by atoms with Gasteiger partial charge in [-0.15, -0.1) is 11.3 Å². The molecule has 0 radical (unpaired) electrons. The molecule has 4 rings (SSSR count). The first-order chi connectivity index (χ1) is 14.2. The van der Waals surface area contributed by atoms with Crippen molar-refractivity contribution in [3.63, 3.8) is 0 Å². The van der Waals surface area contributed by atoms with Gasteiger partial charge in [0.1, 0.15) is 5.82 Å². The number of alkyl halides is 3. The van der Waals surface area contributed by atoms with Crippen LogP contribution in [0.2, 0.25) is 0 Å². The summed E-state index contributed by atoms with van der Waals surface area (Å²) in [6.07, 6.45) is -3.38. The topological polar surface area (TPSA) is 70.1 Å². The van der Waals surface area contributed by atoms with Gasteiger partial charge in [0.15, 0.2) is 5.78 Å². The summed E-state index contributed by atoms with van der Waals surface area (Å²) in [5.41, 5.74) is 6.25.